The Bertz CT molecular complexity index is 902. The molecule has 2 amide bonds. The van der Waals surface area contributed by atoms with Crippen LogP contribution in [-0.4, -0.2) is 56.3 Å². The molecule has 31 heavy (non-hydrogen) atoms. The van der Waals surface area contributed by atoms with Crippen molar-refractivity contribution in [2.45, 2.75) is 19.8 Å². The van der Waals surface area contributed by atoms with Crippen LogP contribution < -0.4 is 21.7 Å². The van der Waals surface area contributed by atoms with Crippen LogP contribution >= 0.6 is 0 Å². The monoisotopic (exact) mass is 427 g/mol. The van der Waals surface area contributed by atoms with Gasteiger partial charge in [-0.25, -0.2) is 4.98 Å². The molecule has 1 aromatic carbocycles. The molecule has 2 aromatic rings. The molecule has 0 bridgehead atoms. The molecular weight excluding hydrogens is 398 g/mol. The Labute approximate surface area is 181 Å². The summed E-state index contributed by atoms with van der Waals surface area (Å²) in [5, 5.41) is 8.98. The minimum Gasteiger partial charge on any atom is -0.384 e. The summed E-state index contributed by atoms with van der Waals surface area (Å²) in [5.41, 5.74) is 9.13. The molecule has 3 rings (SSSR count). The largest absolute Gasteiger partial charge is 0.384 e. The van der Waals surface area contributed by atoms with Crippen molar-refractivity contribution in [1.82, 2.24) is 4.98 Å². The summed E-state index contributed by atoms with van der Waals surface area (Å²) in [4.78, 5) is 29.6. The minimum atomic E-state index is -0.324. The number of anilines is 3. The zero-order valence-corrected chi connectivity index (χ0v) is 17.7. The Morgan fingerprint density at radius 2 is 1.90 bits per heavy atom. The predicted molar refractivity (Wildman–Crippen MR) is 120 cm³/mol. The van der Waals surface area contributed by atoms with E-state index in [4.69, 9.17) is 15.2 Å². The molecule has 0 saturated heterocycles. The van der Waals surface area contributed by atoms with Crippen LogP contribution in [0.4, 0.5) is 17.2 Å². The summed E-state index contributed by atoms with van der Waals surface area (Å²) < 4.78 is 10.6. The van der Waals surface area contributed by atoms with Crippen LogP contribution in [0.5, 0.6) is 0 Å². The number of rotatable bonds is 11. The summed E-state index contributed by atoms with van der Waals surface area (Å²) in [6, 6.07) is 7.19. The second-order valence-electron chi connectivity index (χ2n) is 7.18. The molecule has 0 spiro atoms. The van der Waals surface area contributed by atoms with Gasteiger partial charge in [0.2, 0.25) is 5.91 Å². The maximum Gasteiger partial charge on any atom is 0.258 e. The Balaban J connectivity index is 1.63. The van der Waals surface area contributed by atoms with Gasteiger partial charge in [-0.3, -0.25) is 9.59 Å². The molecule has 0 aliphatic carbocycles. The van der Waals surface area contributed by atoms with E-state index in [1.54, 1.807) is 18.3 Å². The number of fused-ring (bicyclic) bond motifs is 1. The fourth-order valence-corrected chi connectivity index (χ4v) is 3.22. The number of pyridine rings is 1. The van der Waals surface area contributed by atoms with Crippen LogP contribution in [0.1, 0.15) is 27.9 Å². The number of nitrogens with one attached hydrogen (secondary N) is 3. The summed E-state index contributed by atoms with van der Waals surface area (Å²) in [6.07, 6.45) is 2.59. The van der Waals surface area contributed by atoms with Gasteiger partial charge in [0.15, 0.2) is 0 Å². The first-order valence-corrected chi connectivity index (χ1v) is 10.4. The van der Waals surface area contributed by atoms with Gasteiger partial charge in [0.25, 0.3) is 5.91 Å². The summed E-state index contributed by atoms with van der Waals surface area (Å²) >= 11 is 0. The first-order valence-electron chi connectivity index (χ1n) is 10.4. The van der Waals surface area contributed by atoms with Crippen LogP contribution in [0.25, 0.3) is 0 Å². The first kappa shape index (κ1) is 22.7. The molecule has 1 aliphatic rings. The van der Waals surface area contributed by atoms with E-state index in [1.165, 1.54) is 0 Å². The average Bonchev–Trinajstić information content (AvgIpc) is 3.24. The quantitative estimate of drug-likeness (QED) is 0.404. The van der Waals surface area contributed by atoms with Crippen LogP contribution in [0.15, 0.2) is 30.5 Å². The molecule has 1 aromatic heterocycles. The molecule has 1 aliphatic heterocycles. The third kappa shape index (κ3) is 6.48. The van der Waals surface area contributed by atoms with Gasteiger partial charge in [-0.1, -0.05) is 6.07 Å². The van der Waals surface area contributed by atoms with E-state index in [1.807, 2.05) is 19.1 Å². The van der Waals surface area contributed by atoms with Crippen molar-refractivity contribution in [2.24, 2.45) is 5.73 Å². The standard InChI is InChI=1S/C22H29N5O4/c1-15-2-5-19(25-14-15)26-22(29)17-3-4-18-16(6-9-24-18)21(17)27-20(28)7-10-30-12-13-31-11-8-23/h2-5,14,24H,6-13,23H2,1H3,(H,27,28)(H,25,26,29). The number of nitrogens with zero attached hydrogens (tertiary/aromatic N) is 1. The second kappa shape index (κ2) is 11.4. The summed E-state index contributed by atoms with van der Waals surface area (Å²) in [6.45, 7) is 4.74. The van der Waals surface area contributed by atoms with E-state index in [9.17, 15) is 9.59 Å². The van der Waals surface area contributed by atoms with Crippen molar-refractivity contribution in [3.63, 3.8) is 0 Å². The van der Waals surface area contributed by atoms with Crippen LogP contribution in [-0.2, 0) is 20.7 Å². The van der Waals surface area contributed by atoms with Crippen molar-refractivity contribution in [3.8, 4) is 0 Å². The van der Waals surface area contributed by atoms with Gasteiger partial charge >= 0.3 is 0 Å². The van der Waals surface area contributed by atoms with Crippen LogP contribution in [0, 0.1) is 6.92 Å². The molecule has 9 heteroatoms. The van der Waals surface area contributed by atoms with Crippen molar-refractivity contribution < 1.29 is 19.1 Å². The first-order chi connectivity index (χ1) is 15.1. The summed E-state index contributed by atoms with van der Waals surface area (Å²) in [7, 11) is 0. The Kier molecular flexibility index (Phi) is 8.34. The fraction of sp³-hybridized carbons (Fsp3) is 0.409. The van der Waals surface area contributed by atoms with Crippen molar-refractivity contribution in [2.75, 3.05) is 55.5 Å². The number of amides is 2. The lowest BCUT2D eigenvalue weighted by molar-refractivity contribution is -0.117. The molecule has 9 nitrogen and oxygen atoms in total. The van der Waals surface area contributed by atoms with Crippen molar-refractivity contribution in [3.05, 3.63) is 47.2 Å². The molecule has 0 saturated carbocycles. The molecular formula is C22H29N5O4. The Hall–Kier alpha value is -3.01. The van der Waals surface area contributed by atoms with E-state index in [2.05, 4.69) is 20.9 Å². The number of aromatic nitrogens is 1. The van der Waals surface area contributed by atoms with Gasteiger partial charge in [0.05, 0.1) is 44.1 Å². The van der Waals surface area contributed by atoms with Crippen molar-refractivity contribution >= 4 is 29.0 Å². The number of hydrogen-bond donors (Lipinski definition) is 4. The molecule has 0 atom stereocenters. The minimum absolute atomic E-state index is 0.175. The van der Waals surface area contributed by atoms with Gasteiger partial charge in [-0.15, -0.1) is 0 Å². The maximum atomic E-state index is 12.9. The van der Waals surface area contributed by atoms with Gasteiger partial charge in [-0.2, -0.15) is 0 Å². The highest BCUT2D eigenvalue weighted by Gasteiger charge is 2.23. The third-order valence-electron chi connectivity index (χ3n) is 4.77. The number of carbonyl (C=O) groups excluding carboxylic acids is 2. The smallest absolute Gasteiger partial charge is 0.258 e. The number of benzene rings is 1. The highest BCUT2D eigenvalue weighted by molar-refractivity contribution is 6.11. The molecule has 2 heterocycles. The molecule has 0 unspecified atom stereocenters. The average molecular weight is 428 g/mol. The lowest BCUT2D eigenvalue weighted by Gasteiger charge is -2.15. The van der Waals surface area contributed by atoms with Crippen molar-refractivity contribution in [1.29, 1.82) is 0 Å². The zero-order valence-electron chi connectivity index (χ0n) is 17.7. The van der Waals surface area contributed by atoms with Gasteiger partial charge in [-0.05, 0) is 37.1 Å². The number of hydrogen-bond acceptors (Lipinski definition) is 7. The van der Waals surface area contributed by atoms with E-state index >= 15 is 0 Å². The van der Waals surface area contributed by atoms with Crippen LogP contribution in [0.2, 0.25) is 0 Å². The number of carbonyl (C=O) groups is 2. The second-order valence-corrected chi connectivity index (χ2v) is 7.18. The lowest BCUT2D eigenvalue weighted by Crippen LogP contribution is -2.21. The number of ether oxygens (including phenoxy) is 2. The van der Waals surface area contributed by atoms with Crippen LogP contribution in [0.3, 0.4) is 0 Å². The lowest BCUT2D eigenvalue weighted by atomic mass is 10.0. The van der Waals surface area contributed by atoms with E-state index in [0.717, 1.165) is 29.8 Å². The molecule has 0 radical (unpaired) electrons. The molecule has 5 N–H and O–H groups in total. The predicted octanol–water partition coefficient (Wildman–Crippen LogP) is 1.93. The van der Waals surface area contributed by atoms with E-state index in [-0.39, 0.29) is 24.8 Å². The molecule has 0 fully saturated rings. The maximum absolute atomic E-state index is 12.9. The SMILES string of the molecule is Cc1ccc(NC(=O)c2ccc3c(c2NC(=O)CCOCCOCCN)CCN3)nc1. The van der Waals surface area contributed by atoms with E-state index < -0.39 is 0 Å². The number of aryl methyl sites for hydroxylation is 1. The third-order valence-corrected chi connectivity index (χ3v) is 4.77. The van der Waals surface area contributed by atoms with E-state index in [0.29, 0.717) is 43.4 Å². The Morgan fingerprint density at radius 3 is 2.65 bits per heavy atom. The van der Waals surface area contributed by atoms with Gasteiger partial charge in [0.1, 0.15) is 5.82 Å². The fourth-order valence-electron chi connectivity index (χ4n) is 3.22. The van der Waals surface area contributed by atoms with Gasteiger partial charge in [0, 0.05) is 30.5 Å². The normalized spacial score (nSPS) is 12.2. The Morgan fingerprint density at radius 1 is 1.10 bits per heavy atom. The summed E-state index contributed by atoms with van der Waals surface area (Å²) in [5.74, 6) is -0.0860. The topological polar surface area (TPSA) is 128 Å². The highest BCUT2D eigenvalue weighted by atomic mass is 16.5. The van der Waals surface area contributed by atoms with Gasteiger partial charge < -0.3 is 31.2 Å². The molecule has 166 valence electrons. The zero-order chi connectivity index (χ0) is 22.1. The number of nitrogens with two attached hydrogens (primary N) is 1. The highest BCUT2D eigenvalue weighted by Crippen LogP contribution is 2.33.